The third-order valence-electron chi connectivity index (χ3n) is 1.69. The quantitative estimate of drug-likeness (QED) is 0.700. The molecule has 0 fully saturated rings. The minimum atomic E-state index is -0.730. The summed E-state index contributed by atoms with van der Waals surface area (Å²) in [4.78, 5) is 0. The van der Waals surface area contributed by atoms with Crippen LogP contribution in [0.4, 0.5) is 0 Å². The summed E-state index contributed by atoms with van der Waals surface area (Å²) in [7, 11) is 1.82. The van der Waals surface area contributed by atoms with E-state index in [0.717, 1.165) is 5.76 Å². The van der Waals surface area contributed by atoms with Crippen molar-refractivity contribution in [2.45, 2.75) is 18.9 Å². The SMILES string of the molecule is CNCC(C)(O)Cc1ccco1. The van der Waals surface area contributed by atoms with Gasteiger partial charge in [0.05, 0.1) is 11.9 Å². The first-order valence-electron chi connectivity index (χ1n) is 4.03. The third kappa shape index (κ3) is 2.68. The van der Waals surface area contributed by atoms with Crippen LogP contribution < -0.4 is 5.32 Å². The summed E-state index contributed by atoms with van der Waals surface area (Å²) < 4.78 is 5.13. The predicted octanol–water partition coefficient (Wildman–Crippen LogP) is 0.792. The molecule has 0 aliphatic heterocycles. The molecule has 1 rings (SSSR count). The van der Waals surface area contributed by atoms with E-state index < -0.39 is 5.60 Å². The smallest absolute Gasteiger partial charge is 0.106 e. The van der Waals surface area contributed by atoms with Gasteiger partial charge in [-0.15, -0.1) is 0 Å². The summed E-state index contributed by atoms with van der Waals surface area (Å²) in [6.07, 6.45) is 2.16. The molecule has 0 amide bonds. The highest BCUT2D eigenvalue weighted by Crippen LogP contribution is 2.12. The van der Waals surface area contributed by atoms with E-state index in [-0.39, 0.29) is 0 Å². The van der Waals surface area contributed by atoms with E-state index in [1.54, 1.807) is 13.2 Å². The van der Waals surface area contributed by atoms with Gasteiger partial charge in [-0.25, -0.2) is 0 Å². The van der Waals surface area contributed by atoms with Crippen LogP contribution in [0.1, 0.15) is 12.7 Å². The van der Waals surface area contributed by atoms with Crippen molar-refractivity contribution in [3.05, 3.63) is 24.2 Å². The average molecular weight is 169 g/mol. The van der Waals surface area contributed by atoms with Crippen LogP contribution in [0.5, 0.6) is 0 Å². The Morgan fingerprint density at radius 2 is 2.42 bits per heavy atom. The molecule has 0 saturated carbocycles. The van der Waals surface area contributed by atoms with E-state index in [4.69, 9.17) is 4.42 Å². The van der Waals surface area contributed by atoms with E-state index in [2.05, 4.69) is 5.32 Å². The molecule has 1 aromatic rings. The van der Waals surface area contributed by atoms with Crippen molar-refractivity contribution in [3.63, 3.8) is 0 Å². The van der Waals surface area contributed by atoms with Gasteiger partial charge in [0.2, 0.25) is 0 Å². The van der Waals surface area contributed by atoms with E-state index >= 15 is 0 Å². The van der Waals surface area contributed by atoms with Gasteiger partial charge in [-0.3, -0.25) is 0 Å². The topological polar surface area (TPSA) is 45.4 Å². The summed E-state index contributed by atoms with van der Waals surface area (Å²) in [5, 5.41) is 12.7. The zero-order chi connectivity index (χ0) is 9.03. The van der Waals surface area contributed by atoms with Crippen molar-refractivity contribution in [2.24, 2.45) is 0 Å². The predicted molar refractivity (Wildman–Crippen MR) is 47.0 cm³/mol. The van der Waals surface area contributed by atoms with Crippen LogP contribution in [-0.4, -0.2) is 24.3 Å². The van der Waals surface area contributed by atoms with E-state index in [9.17, 15) is 5.11 Å². The molecule has 0 bridgehead atoms. The fourth-order valence-corrected chi connectivity index (χ4v) is 1.23. The zero-order valence-corrected chi connectivity index (χ0v) is 7.50. The summed E-state index contributed by atoms with van der Waals surface area (Å²) in [5.74, 6) is 0.815. The van der Waals surface area contributed by atoms with Crippen molar-refractivity contribution in [1.82, 2.24) is 5.32 Å². The van der Waals surface area contributed by atoms with Crippen LogP contribution in [0.15, 0.2) is 22.8 Å². The lowest BCUT2D eigenvalue weighted by molar-refractivity contribution is 0.0570. The Labute approximate surface area is 72.4 Å². The van der Waals surface area contributed by atoms with Gasteiger partial charge in [0.25, 0.3) is 0 Å². The van der Waals surface area contributed by atoms with Crippen molar-refractivity contribution in [3.8, 4) is 0 Å². The Kier molecular flexibility index (Phi) is 2.89. The van der Waals surface area contributed by atoms with Gasteiger partial charge in [-0.05, 0) is 26.1 Å². The van der Waals surface area contributed by atoms with Gasteiger partial charge in [-0.1, -0.05) is 0 Å². The largest absolute Gasteiger partial charge is 0.469 e. The maximum Gasteiger partial charge on any atom is 0.106 e. The second kappa shape index (κ2) is 3.74. The number of hydrogen-bond donors (Lipinski definition) is 2. The van der Waals surface area contributed by atoms with Crippen molar-refractivity contribution >= 4 is 0 Å². The number of furan rings is 1. The highest BCUT2D eigenvalue weighted by atomic mass is 16.3. The molecule has 0 aliphatic carbocycles. The minimum Gasteiger partial charge on any atom is -0.469 e. The molecular weight excluding hydrogens is 154 g/mol. The second-order valence-electron chi connectivity index (χ2n) is 3.28. The molecule has 1 atom stereocenters. The normalized spacial score (nSPS) is 15.9. The fourth-order valence-electron chi connectivity index (χ4n) is 1.23. The van der Waals surface area contributed by atoms with Crippen LogP contribution in [0, 0.1) is 0 Å². The molecule has 0 aromatic carbocycles. The Balaban J connectivity index is 2.50. The summed E-state index contributed by atoms with van der Waals surface area (Å²) in [5.41, 5.74) is -0.730. The average Bonchev–Trinajstić information content (AvgIpc) is 2.38. The van der Waals surface area contributed by atoms with Crippen LogP contribution in [-0.2, 0) is 6.42 Å². The lowest BCUT2D eigenvalue weighted by Gasteiger charge is -2.21. The molecule has 2 N–H and O–H groups in total. The lowest BCUT2D eigenvalue weighted by atomic mass is 10.0. The van der Waals surface area contributed by atoms with Gasteiger partial charge >= 0.3 is 0 Å². The van der Waals surface area contributed by atoms with Crippen molar-refractivity contribution < 1.29 is 9.52 Å². The van der Waals surface area contributed by atoms with Crippen LogP contribution in [0.3, 0.4) is 0 Å². The number of likely N-dealkylation sites (N-methyl/N-ethyl adjacent to an activating group) is 1. The highest BCUT2D eigenvalue weighted by molar-refractivity contribution is 5.02. The first-order chi connectivity index (χ1) is 5.64. The third-order valence-corrected chi connectivity index (χ3v) is 1.69. The number of nitrogens with one attached hydrogen (secondary N) is 1. The maximum atomic E-state index is 9.76. The zero-order valence-electron chi connectivity index (χ0n) is 7.50. The Morgan fingerprint density at radius 3 is 2.92 bits per heavy atom. The van der Waals surface area contributed by atoms with E-state index in [0.29, 0.717) is 13.0 Å². The first-order valence-corrected chi connectivity index (χ1v) is 4.03. The van der Waals surface area contributed by atoms with Crippen LogP contribution in [0.2, 0.25) is 0 Å². The van der Waals surface area contributed by atoms with E-state index in [1.807, 2.05) is 19.2 Å². The Hall–Kier alpha value is -0.800. The Bertz CT molecular complexity index is 216. The molecular formula is C9H15NO2. The first kappa shape index (κ1) is 9.29. The minimum absolute atomic E-state index is 0.542. The number of rotatable bonds is 4. The summed E-state index contributed by atoms with van der Waals surface area (Å²) >= 11 is 0. The molecule has 3 nitrogen and oxygen atoms in total. The molecule has 68 valence electrons. The summed E-state index contributed by atoms with van der Waals surface area (Å²) in [6.45, 7) is 2.35. The molecule has 3 heteroatoms. The highest BCUT2D eigenvalue weighted by Gasteiger charge is 2.20. The van der Waals surface area contributed by atoms with E-state index in [1.165, 1.54) is 0 Å². The van der Waals surface area contributed by atoms with Gasteiger partial charge in [-0.2, -0.15) is 0 Å². The fraction of sp³-hybridized carbons (Fsp3) is 0.556. The molecule has 12 heavy (non-hydrogen) atoms. The lowest BCUT2D eigenvalue weighted by Crippen LogP contribution is -2.38. The van der Waals surface area contributed by atoms with Gasteiger partial charge in [0, 0.05) is 13.0 Å². The van der Waals surface area contributed by atoms with Crippen molar-refractivity contribution in [1.29, 1.82) is 0 Å². The standard InChI is InChI=1S/C9H15NO2/c1-9(11,7-10-2)6-8-4-3-5-12-8/h3-5,10-11H,6-7H2,1-2H3. The van der Waals surface area contributed by atoms with Crippen molar-refractivity contribution in [2.75, 3.05) is 13.6 Å². The summed E-state index contributed by atoms with van der Waals surface area (Å²) in [6, 6.07) is 3.69. The second-order valence-corrected chi connectivity index (χ2v) is 3.28. The Morgan fingerprint density at radius 1 is 1.67 bits per heavy atom. The maximum absolute atomic E-state index is 9.76. The monoisotopic (exact) mass is 169 g/mol. The molecule has 0 spiro atoms. The molecule has 0 radical (unpaired) electrons. The number of hydrogen-bond acceptors (Lipinski definition) is 3. The van der Waals surface area contributed by atoms with Gasteiger partial charge < -0.3 is 14.8 Å². The molecule has 0 aliphatic rings. The number of aliphatic hydroxyl groups is 1. The van der Waals surface area contributed by atoms with Gasteiger partial charge in [0.1, 0.15) is 5.76 Å². The molecule has 1 unspecified atom stereocenters. The molecule has 0 saturated heterocycles. The molecule has 1 heterocycles. The van der Waals surface area contributed by atoms with Gasteiger partial charge in [0.15, 0.2) is 0 Å². The molecule has 1 aromatic heterocycles. The van der Waals surface area contributed by atoms with Crippen LogP contribution >= 0.6 is 0 Å². The van der Waals surface area contributed by atoms with Crippen LogP contribution in [0.25, 0.3) is 0 Å².